The van der Waals surface area contributed by atoms with Crippen LogP contribution in [-0.2, 0) is 54.4 Å². The number of hydrogen-bond acceptors (Lipinski definition) is 2. The van der Waals surface area contributed by atoms with Crippen molar-refractivity contribution in [2.45, 2.75) is 105 Å². The van der Waals surface area contributed by atoms with E-state index in [1.165, 1.54) is 11.1 Å². The van der Waals surface area contributed by atoms with Crippen LogP contribution in [0.5, 0.6) is 11.5 Å². The Bertz CT molecular complexity index is 781. The molecule has 0 bridgehead atoms. The smallest absolute Gasteiger partial charge is 0.119 e. The SMILES string of the molecule is CC(C)(C)c1ccc(O)c(C(C)(C)C)c1.CC(C)(C)c1ccc(O)c(C(C)(C)C)c1.[Y]. The van der Waals surface area contributed by atoms with E-state index in [0.717, 1.165) is 11.1 Å². The zero-order valence-corrected chi connectivity index (χ0v) is 24.8. The second-order valence-electron chi connectivity index (χ2n) is 12.5. The van der Waals surface area contributed by atoms with Crippen LogP contribution in [0.1, 0.15) is 105 Å². The Morgan fingerprint density at radius 1 is 0.452 bits per heavy atom. The van der Waals surface area contributed by atoms with Crippen molar-refractivity contribution in [2.75, 3.05) is 0 Å². The first-order valence-electron chi connectivity index (χ1n) is 10.9. The van der Waals surface area contributed by atoms with Crippen LogP contribution >= 0.6 is 0 Å². The van der Waals surface area contributed by atoms with Gasteiger partial charge in [0.05, 0.1) is 0 Å². The van der Waals surface area contributed by atoms with E-state index in [0.29, 0.717) is 11.5 Å². The van der Waals surface area contributed by atoms with E-state index in [-0.39, 0.29) is 54.4 Å². The molecule has 0 aromatic heterocycles. The Hall–Kier alpha value is -0.856. The molecule has 0 saturated carbocycles. The minimum atomic E-state index is -0.00859. The van der Waals surface area contributed by atoms with Crippen molar-refractivity contribution in [2.24, 2.45) is 0 Å². The van der Waals surface area contributed by atoms with E-state index in [1.807, 2.05) is 12.1 Å². The molecule has 0 aliphatic carbocycles. The fourth-order valence-corrected chi connectivity index (χ4v) is 3.21. The maximum Gasteiger partial charge on any atom is 0.119 e. The van der Waals surface area contributed by atoms with Crippen molar-refractivity contribution >= 4 is 0 Å². The maximum absolute atomic E-state index is 9.84. The van der Waals surface area contributed by atoms with Gasteiger partial charge in [-0.2, -0.15) is 0 Å². The average molecular weight is 502 g/mol. The first kappa shape index (κ1) is 30.1. The zero-order chi connectivity index (χ0) is 23.7. The summed E-state index contributed by atoms with van der Waals surface area (Å²) in [6, 6.07) is 11.9. The fourth-order valence-electron chi connectivity index (χ4n) is 3.21. The molecule has 171 valence electrons. The van der Waals surface area contributed by atoms with Gasteiger partial charge in [0.25, 0.3) is 0 Å². The van der Waals surface area contributed by atoms with E-state index in [4.69, 9.17) is 0 Å². The number of phenols is 2. The van der Waals surface area contributed by atoms with Gasteiger partial charge in [-0.3, -0.25) is 0 Å². The molecule has 0 unspecified atom stereocenters. The second kappa shape index (κ2) is 10.4. The molecule has 0 aliphatic heterocycles. The van der Waals surface area contributed by atoms with Gasteiger partial charge in [0.2, 0.25) is 0 Å². The topological polar surface area (TPSA) is 40.5 Å². The second-order valence-corrected chi connectivity index (χ2v) is 12.5. The molecule has 2 N–H and O–H groups in total. The van der Waals surface area contributed by atoms with Crippen LogP contribution in [0.15, 0.2) is 36.4 Å². The largest absolute Gasteiger partial charge is 0.508 e. The Morgan fingerprint density at radius 2 is 0.710 bits per heavy atom. The molecule has 2 aromatic rings. The average Bonchev–Trinajstić information content (AvgIpc) is 2.51. The van der Waals surface area contributed by atoms with Crippen LogP contribution in [0.4, 0.5) is 0 Å². The van der Waals surface area contributed by atoms with E-state index < -0.39 is 0 Å². The van der Waals surface area contributed by atoms with Gasteiger partial charge in [-0.15, -0.1) is 0 Å². The molecule has 3 heteroatoms. The summed E-state index contributed by atoms with van der Waals surface area (Å²) in [7, 11) is 0. The van der Waals surface area contributed by atoms with Gasteiger partial charge < -0.3 is 10.2 Å². The van der Waals surface area contributed by atoms with Gasteiger partial charge >= 0.3 is 0 Å². The Balaban J connectivity index is 0.000000562. The number of aromatic hydroxyl groups is 2. The van der Waals surface area contributed by atoms with Crippen molar-refractivity contribution in [3.05, 3.63) is 58.7 Å². The van der Waals surface area contributed by atoms with Gasteiger partial charge in [0.15, 0.2) is 0 Å². The third kappa shape index (κ3) is 8.89. The summed E-state index contributed by atoms with van der Waals surface area (Å²) in [5, 5.41) is 19.7. The van der Waals surface area contributed by atoms with Crippen LogP contribution in [0.3, 0.4) is 0 Å². The van der Waals surface area contributed by atoms with Crippen molar-refractivity contribution in [3.8, 4) is 11.5 Å². The quantitative estimate of drug-likeness (QED) is 0.384. The first-order chi connectivity index (χ1) is 13.2. The summed E-state index contributed by atoms with van der Waals surface area (Å²) in [6.07, 6.45) is 0. The molecule has 2 nitrogen and oxygen atoms in total. The minimum absolute atomic E-state index is 0. The summed E-state index contributed by atoms with van der Waals surface area (Å²) >= 11 is 0. The van der Waals surface area contributed by atoms with Crippen molar-refractivity contribution in [3.63, 3.8) is 0 Å². The Kier molecular flexibility index (Phi) is 10.1. The molecule has 2 aromatic carbocycles. The van der Waals surface area contributed by atoms with Gasteiger partial charge in [0.1, 0.15) is 11.5 Å². The molecule has 0 saturated heterocycles. The van der Waals surface area contributed by atoms with E-state index in [9.17, 15) is 10.2 Å². The molecular formula is C28H44O2Y. The standard InChI is InChI=1S/2C14H22O.Y/c2*1-13(2,3)10-7-8-12(15)11(9-10)14(4,5)6;/h2*7-9,15H,1-6H3;. The molecule has 1 radical (unpaired) electrons. The summed E-state index contributed by atoms with van der Waals surface area (Å²) in [5.41, 5.74) is 4.83. The van der Waals surface area contributed by atoms with Crippen molar-refractivity contribution < 1.29 is 42.9 Å². The van der Waals surface area contributed by atoms with Crippen LogP contribution in [0.25, 0.3) is 0 Å². The molecule has 0 atom stereocenters. The third-order valence-electron chi connectivity index (χ3n) is 5.34. The van der Waals surface area contributed by atoms with Crippen molar-refractivity contribution in [1.82, 2.24) is 0 Å². The third-order valence-corrected chi connectivity index (χ3v) is 5.34. The predicted octanol–water partition coefficient (Wildman–Crippen LogP) is 7.97. The van der Waals surface area contributed by atoms with Crippen LogP contribution < -0.4 is 0 Å². The van der Waals surface area contributed by atoms with E-state index >= 15 is 0 Å². The van der Waals surface area contributed by atoms with Gasteiger partial charge in [-0.05, 0) is 56.0 Å². The monoisotopic (exact) mass is 501 g/mol. The molecule has 0 amide bonds. The normalized spacial score (nSPS) is 12.5. The van der Waals surface area contributed by atoms with Gasteiger partial charge in [-0.1, -0.05) is 107 Å². The summed E-state index contributed by atoms with van der Waals surface area (Å²) in [4.78, 5) is 0. The first-order valence-corrected chi connectivity index (χ1v) is 10.9. The molecule has 0 aliphatic rings. The Labute approximate surface area is 216 Å². The van der Waals surface area contributed by atoms with Crippen LogP contribution in [0, 0.1) is 0 Å². The summed E-state index contributed by atoms with van der Waals surface area (Å²) in [6.45, 7) is 25.8. The molecule has 31 heavy (non-hydrogen) atoms. The van der Waals surface area contributed by atoms with Gasteiger partial charge in [0, 0.05) is 32.7 Å². The van der Waals surface area contributed by atoms with Crippen molar-refractivity contribution in [1.29, 1.82) is 0 Å². The summed E-state index contributed by atoms with van der Waals surface area (Å²) in [5.74, 6) is 0.797. The molecule has 0 heterocycles. The molecule has 2 rings (SSSR count). The number of phenolic OH excluding ortho intramolecular Hbond substituents is 2. The number of hydrogen-bond donors (Lipinski definition) is 2. The predicted molar refractivity (Wildman–Crippen MR) is 131 cm³/mol. The van der Waals surface area contributed by atoms with E-state index in [1.54, 1.807) is 12.1 Å². The molecule has 0 spiro atoms. The van der Waals surface area contributed by atoms with Gasteiger partial charge in [-0.25, -0.2) is 0 Å². The number of rotatable bonds is 0. The summed E-state index contributed by atoms with van der Waals surface area (Å²) < 4.78 is 0. The molecule has 0 fully saturated rings. The van der Waals surface area contributed by atoms with Crippen LogP contribution in [0.2, 0.25) is 0 Å². The fraction of sp³-hybridized carbons (Fsp3) is 0.571. The Morgan fingerprint density at radius 3 is 0.903 bits per heavy atom. The minimum Gasteiger partial charge on any atom is -0.508 e. The zero-order valence-electron chi connectivity index (χ0n) is 21.9. The number of benzene rings is 2. The van der Waals surface area contributed by atoms with Crippen LogP contribution in [-0.4, -0.2) is 10.2 Å². The maximum atomic E-state index is 9.84. The van der Waals surface area contributed by atoms with E-state index in [2.05, 4.69) is 95.2 Å². The molecular weight excluding hydrogens is 457 g/mol.